The van der Waals surface area contributed by atoms with Crippen molar-refractivity contribution in [3.8, 4) is 11.5 Å². The van der Waals surface area contributed by atoms with Gasteiger partial charge in [-0.25, -0.2) is 18.8 Å². The molecule has 0 aliphatic carbocycles. The molecule has 3 aromatic rings. The van der Waals surface area contributed by atoms with Crippen LogP contribution in [0.2, 0.25) is 0 Å². The van der Waals surface area contributed by atoms with Crippen molar-refractivity contribution in [2.75, 3.05) is 51.3 Å². The average molecular weight is 605 g/mol. The van der Waals surface area contributed by atoms with Crippen LogP contribution in [0.25, 0.3) is 0 Å². The van der Waals surface area contributed by atoms with Gasteiger partial charge in [-0.2, -0.15) is 0 Å². The Morgan fingerprint density at radius 1 is 0.864 bits per heavy atom. The molecule has 3 aromatic carbocycles. The second-order valence-corrected chi connectivity index (χ2v) is 10.9. The lowest BCUT2D eigenvalue weighted by Gasteiger charge is -2.46. The molecule has 3 atom stereocenters. The highest BCUT2D eigenvalue weighted by molar-refractivity contribution is 5.89. The summed E-state index contributed by atoms with van der Waals surface area (Å²) < 4.78 is 30.1. The Morgan fingerprint density at radius 3 is 2.18 bits per heavy atom. The Bertz CT molecular complexity index is 1410. The third kappa shape index (κ3) is 7.65. The third-order valence-corrected chi connectivity index (χ3v) is 8.01. The molecule has 2 fully saturated rings. The number of benzene rings is 3. The number of rotatable bonds is 8. The zero-order chi connectivity index (χ0) is 31.1. The highest BCUT2D eigenvalue weighted by Crippen LogP contribution is 2.26. The molecule has 2 aliphatic rings. The summed E-state index contributed by atoms with van der Waals surface area (Å²) in [6.45, 7) is 5.05. The number of esters is 2. The van der Waals surface area contributed by atoms with E-state index in [1.165, 1.54) is 19.2 Å². The van der Waals surface area contributed by atoms with Crippen LogP contribution in [0, 0.1) is 5.82 Å². The highest BCUT2D eigenvalue weighted by Gasteiger charge is 2.39. The summed E-state index contributed by atoms with van der Waals surface area (Å²) in [4.78, 5) is 44.3. The fraction of sp³-hybridized carbons (Fsp3) is 0.364. The molecule has 1 unspecified atom stereocenters. The summed E-state index contributed by atoms with van der Waals surface area (Å²) in [7, 11) is 1.27. The standard InChI is InChI=1S/C33H37FN4O6/c1-23(31(39)42-2)35-33(41)38-17-16-29(37-20-18-36(19-21-37)26-12-10-25(34)11-13-26)30(22-38)44-32(40)24-8-14-28(15-9-24)43-27-6-4-3-5-7-27/h3-15,23,29-30H,16-22H2,1-2H3,(H,35,41)/t23?,29-,30-/m1/s1. The molecular weight excluding hydrogens is 567 g/mol. The number of para-hydroxylation sites is 1. The van der Waals surface area contributed by atoms with Crippen molar-refractivity contribution in [1.29, 1.82) is 0 Å². The van der Waals surface area contributed by atoms with E-state index in [2.05, 4.69) is 15.1 Å². The van der Waals surface area contributed by atoms with Gasteiger partial charge in [-0.3, -0.25) is 4.90 Å². The number of piperazine rings is 1. The normalized spacial score (nSPS) is 19.5. The van der Waals surface area contributed by atoms with Crippen LogP contribution in [0.15, 0.2) is 78.9 Å². The van der Waals surface area contributed by atoms with Gasteiger partial charge in [0.25, 0.3) is 0 Å². The predicted octanol–water partition coefficient (Wildman–Crippen LogP) is 4.31. The maximum Gasteiger partial charge on any atom is 0.338 e. The third-order valence-electron chi connectivity index (χ3n) is 8.01. The fourth-order valence-corrected chi connectivity index (χ4v) is 5.59. The van der Waals surface area contributed by atoms with Gasteiger partial charge in [0, 0.05) is 38.4 Å². The fourth-order valence-electron chi connectivity index (χ4n) is 5.59. The minimum Gasteiger partial charge on any atom is -0.467 e. The van der Waals surface area contributed by atoms with E-state index in [1.54, 1.807) is 48.2 Å². The van der Waals surface area contributed by atoms with E-state index in [0.717, 1.165) is 18.8 Å². The molecule has 0 radical (unpaired) electrons. The number of likely N-dealkylation sites (tertiary alicyclic amines) is 1. The number of hydrogen-bond acceptors (Lipinski definition) is 8. The quantitative estimate of drug-likeness (QED) is 0.380. The van der Waals surface area contributed by atoms with Crippen LogP contribution in [0.4, 0.5) is 14.9 Å². The number of hydrogen-bond donors (Lipinski definition) is 1. The minimum absolute atomic E-state index is 0.114. The van der Waals surface area contributed by atoms with Crippen LogP contribution in [-0.2, 0) is 14.3 Å². The number of nitrogens with one attached hydrogen (secondary N) is 1. The summed E-state index contributed by atoms with van der Waals surface area (Å²) in [6.07, 6.45) is -0.0219. The first kappa shape index (κ1) is 30.8. The van der Waals surface area contributed by atoms with Gasteiger partial charge < -0.3 is 29.3 Å². The SMILES string of the molecule is COC(=O)C(C)NC(=O)N1CC[C@@H](N2CCN(c3ccc(F)cc3)CC2)[C@H](OC(=O)c2ccc(Oc3ccccc3)cc2)C1. The molecule has 0 aromatic heterocycles. The Balaban J connectivity index is 1.26. The molecule has 44 heavy (non-hydrogen) atoms. The summed E-state index contributed by atoms with van der Waals surface area (Å²) in [6, 6.07) is 21.2. The van der Waals surface area contributed by atoms with Crippen LogP contribution >= 0.6 is 0 Å². The topological polar surface area (TPSA) is 101 Å². The average Bonchev–Trinajstić information content (AvgIpc) is 3.05. The molecule has 2 saturated heterocycles. The largest absolute Gasteiger partial charge is 0.467 e. The Kier molecular flexibility index (Phi) is 9.96. The number of anilines is 1. The summed E-state index contributed by atoms with van der Waals surface area (Å²) in [5.41, 5.74) is 1.33. The van der Waals surface area contributed by atoms with Gasteiger partial charge in [0.2, 0.25) is 0 Å². The van der Waals surface area contributed by atoms with Crippen molar-refractivity contribution < 1.29 is 33.0 Å². The first-order chi connectivity index (χ1) is 21.3. The zero-order valence-corrected chi connectivity index (χ0v) is 24.9. The van der Waals surface area contributed by atoms with Crippen LogP contribution < -0.4 is 15.0 Å². The van der Waals surface area contributed by atoms with Crippen molar-refractivity contribution in [2.24, 2.45) is 0 Å². The van der Waals surface area contributed by atoms with E-state index in [4.69, 9.17) is 14.2 Å². The minimum atomic E-state index is -0.817. The number of halogens is 1. The van der Waals surface area contributed by atoms with Crippen molar-refractivity contribution in [3.63, 3.8) is 0 Å². The van der Waals surface area contributed by atoms with Gasteiger partial charge in [0.1, 0.15) is 29.5 Å². The van der Waals surface area contributed by atoms with Gasteiger partial charge >= 0.3 is 18.0 Å². The molecule has 11 heteroatoms. The van der Waals surface area contributed by atoms with Crippen molar-refractivity contribution in [1.82, 2.24) is 15.1 Å². The van der Waals surface area contributed by atoms with Gasteiger partial charge in [-0.1, -0.05) is 18.2 Å². The van der Waals surface area contributed by atoms with Gasteiger partial charge in [0.05, 0.1) is 25.3 Å². The Hall–Kier alpha value is -4.64. The lowest BCUT2D eigenvalue weighted by atomic mass is 9.98. The maximum absolute atomic E-state index is 13.4. The van der Waals surface area contributed by atoms with E-state index < -0.39 is 30.1 Å². The van der Waals surface area contributed by atoms with Crippen molar-refractivity contribution in [3.05, 3.63) is 90.2 Å². The van der Waals surface area contributed by atoms with Gasteiger partial charge in [0.15, 0.2) is 0 Å². The zero-order valence-electron chi connectivity index (χ0n) is 24.9. The van der Waals surface area contributed by atoms with E-state index >= 15 is 0 Å². The van der Waals surface area contributed by atoms with E-state index in [-0.39, 0.29) is 18.4 Å². The first-order valence-corrected chi connectivity index (χ1v) is 14.7. The maximum atomic E-state index is 13.4. The molecule has 0 bridgehead atoms. The van der Waals surface area contributed by atoms with E-state index in [0.29, 0.717) is 43.1 Å². The number of carbonyl (C=O) groups excluding carboxylic acids is 3. The molecule has 5 rings (SSSR count). The lowest BCUT2D eigenvalue weighted by molar-refractivity contribution is -0.142. The predicted molar refractivity (Wildman–Crippen MR) is 162 cm³/mol. The molecule has 2 aliphatic heterocycles. The smallest absolute Gasteiger partial charge is 0.338 e. The van der Waals surface area contributed by atoms with Crippen molar-refractivity contribution >= 4 is 23.7 Å². The van der Waals surface area contributed by atoms with Crippen LogP contribution in [0.3, 0.4) is 0 Å². The molecular formula is C33H37FN4O6. The molecule has 2 heterocycles. The summed E-state index contributed by atoms with van der Waals surface area (Å²) in [5, 5.41) is 2.67. The van der Waals surface area contributed by atoms with E-state index in [9.17, 15) is 18.8 Å². The second kappa shape index (κ2) is 14.2. The highest BCUT2D eigenvalue weighted by atomic mass is 19.1. The number of methoxy groups -OCH3 is 1. The summed E-state index contributed by atoms with van der Waals surface area (Å²) >= 11 is 0. The number of carbonyl (C=O) groups is 3. The molecule has 1 N–H and O–H groups in total. The van der Waals surface area contributed by atoms with Gasteiger partial charge in [-0.05, 0) is 74.0 Å². The second-order valence-electron chi connectivity index (χ2n) is 10.9. The Labute approximate surface area is 256 Å². The molecule has 232 valence electrons. The van der Waals surface area contributed by atoms with Crippen LogP contribution in [0.5, 0.6) is 11.5 Å². The van der Waals surface area contributed by atoms with Crippen LogP contribution in [-0.4, -0.2) is 92.3 Å². The molecule has 2 amide bonds. The molecule has 10 nitrogen and oxygen atoms in total. The Morgan fingerprint density at radius 2 is 1.52 bits per heavy atom. The first-order valence-electron chi connectivity index (χ1n) is 14.7. The van der Waals surface area contributed by atoms with Gasteiger partial charge in [-0.15, -0.1) is 0 Å². The molecule has 0 saturated carbocycles. The molecule has 0 spiro atoms. The summed E-state index contributed by atoms with van der Waals surface area (Å²) in [5.74, 6) is -0.0410. The van der Waals surface area contributed by atoms with Crippen LogP contribution in [0.1, 0.15) is 23.7 Å². The van der Waals surface area contributed by atoms with Crippen molar-refractivity contribution in [2.45, 2.75) is 31.5 Å². The van der Waals surface area contributed by atoms with E-state index in [1.807, 2.05) is 30.3 Å². The number of nitrogens with zero attached hydrogens (tertiary/aromatic N) is 3. The number of ether oxygens (including phenoxy) is 3. The monoisotopic (exact) mass is 604 g/mol. The number of amides is 2. The lowest BCUT2D eigenvalue weighted by Crippen LogP contribution is -2.62. The number of urea groups is 1. The number of piperidine rings is 1.